The second-order valence-electron chi connectivity index (χ2n) is 10.2. The molecule has 5 aromatic carbocycles. The SMILES string of the molecule is c1ccc(-n2c3ccccc3c3cc(-c4ccc5nc6c7c(nccc7c5c4)-c4ccccc4S6)ccc32)cc1. The van der Waals surface area contributed by atoms with Crippen LogP contribution in [0.3, 0.4) is 0 Å². The summed E-state index contributed by atoms with van der Waals surface area (Å²) in [5.41, 5.74) is 9.20. The Kier molecular flexibility index (Phi) is 4.54. The van der Waals surface area contributed by atoms with Crippen LogP contribution < -0.4 is 0 Å². The van der Waals surface area contributed by atoms with Gasteiger partial charge in [-0.2, -0.15) is 0 Å². The highest BCUT2D eigenvalue weighted by atomic mass is 32.2. The van der Waals surface area contributed by atoms with Crippen LogP contribution >= 0.6 is 11.8 Å². The third-order valence-corrected chi connectivity index (χ3v) is 9.11. The lowest BCUT2D eigenvalue weighted by molar-refractivity contribution is 1.18. The van der Waals surface area contributed by atoms with Crippen molar-refractivity contribution < 1.29 is 0 Å². The molecule has 0 N–H and O–H groups in total. The number of fused-ring (bicyclic) bond motifs is 7. The summed E-state index contributed by atoms with van der Waals surface area (Å²) in [6.45, 7) is 0. The molecule has 0 saturated heterocycles. The van der Waals surface area contributed by atoms with Gasteiger partial charge in [-0.15, -0.1) is 0 Å². The van der Waals surface area contributed by atoms with Crippen molar-refractivity contribution in [1.82, 2.24) is 14.5 Å². The van der Waals surface area contributed by atoms with Gasteiger partial charge in [0.05, 0.1) is 22.2 Å². The number of nitrogens with zero attached hydrogens (tertiary/aromatic N) is 3. The van der Waals surface area contributed by atoms with Crippen molar-refractivity contribution in [3.05, 3.63) is 128 Å². The lowest BCUT2D eigenvalue weighted by Gasteiger charge is -2.19. The summed E-state index contributed by atoms with van der Waals surface area (Å²) in [6.07, 6.45) is 1.94. The van der Waals surface area contributed by atoms with Gasteiger partial charge in [0.25, 0.3) is 0 Å². The summed E-state index contributed by atoms with van der Waals surface area (Å²) >= 11 is 1.74. The van der Waals surface area contributed by atoms with Crippen LogP contribution in [-0.4, -0.2) is 14.5 Å². The van der Waals surface area contributed by atoms with E-state index in [1.165, 1.54) is 54.5 Å². The lowest BCUT2D eigenvalue weighted by atomic mass is 9.97. The van der Waals surface area contributed by atoms with E-state index in [1.54, 1.807) is 11.8 Å². The zero-order valence-electron chi connectivity index (χ0n) is 21.4. The van der Waals surface area contributed by atoms with Crippen molar-refractivity contribution in [2.24, 2.45) is 0 Å². The standard InChI is InChI=1S/C36H21N3S/c1-2-8-24(9-3-1)39-31-12-6-4-10-25(31)29-21-23(15-17-32(29)39)22-14-16-30-28(20-22)26-18-19-37-35-27-11-5-7-13-33(27)40-36(38-30)34(26)35/h1-21H. The van der Waals surface area contributed by atoms with Gasteiger partial charge >= 0.3 is 0 Å². The Hall–Kier alpha value is -4.93. The van der Waals surface area contributed by atoms with Gasteiger partial charge in [0.1, 0.15) is 5.03 Å². The van der Waals surface area contributed by atoms with Crippen molar-refractivity contribution in [1.29, 1.82) is 0 Å². The molecule has 0 radical (unpaired) electrons. The molecular weight excluding hydrogens is 506 g/mol. The minimum Gasteiger partial charge on any atom is -0.309 e. The summed E-state index contributed by atoms with van der Waals surface area (Å²) in [5, 5.41) is 7.06. The van der Waals surface area contributed by atoms with Gasteiger partial charge in [-0.25, -0.2) is 4.98 Å². The Bertz CT molecular complexity index is 2300. The molecular formula is C36H21N3S. The molecule has 4 heterocycles. The summed E-state index contributed by atoms with van der Waals surface area (Å²) in [4.78, 5) is 11.1. The van der Waals surface area contributed by atoms with E-state index < -0.39 is 0 Å². The molecule has 9 rings (SSSR count). The fraction of sp³-hybridized carbons (Fsp3) is 0. The highest BCUT2D eigenvalue weighted by Crippen LogP contribution is 2.47. The maximum atomic E-state index is 5.11. The Morgan fingerprint density at radius 3 is 2.25 bits per heavy atom. The molecule has 1 aliphatic rings. The van der Waals surface area contributed by atoms with Gasteiger partial charge in [0.15, 0.2) is 0 Å². The van der Waals surface area contributed by atoms with Gasteiger partial charge in [0, 0.05) is 43.9 Å². The van der Waals surface area contributed by atoms with Crippen molar-refractivity contribution in [3.8, 4) is 28.1 Å². The first-order chi connectivity index (χ1) is 19.8. The molecule has 1 aliphatic heterocycles. The normalized spacial score (nSPS) is 12.4. The largest absolute Gasteiger partial charge is 0.309 e. The zero-order valence-corrected chi connectivity index (χ0v) is 22.2. The number of hydrogen-bond acceptors (Lipinski definition) is 3. The van der Waals surface area contributed by atoms with E-state index in [0.29, 0.717) is 0 Å². The third kappa shape index (κ3) is 3.08. The first-order valence-corrected chi connectivity index (χ1v) is 14.2. The summed E-state index contributed by atoms with van der Waals surface area (Å²) in [7, 11) is 0. The first-order valence-electron chi connectivity index (χ1n) is 13.4. The molecule has 4 heteroatoms. The van der Waals surface area contributed by atoms with Gasteiger partial charge in [0.2, 0.25) is 0 Å². The maximum Gasteiger partial charge on any atom is 0.112 e. The van der Waals surface area contributed by atoms with E-state index in [9.17, 15) is 0 Å². The van der Waals surface area contributed by atoms with Crippen LogP contribution in [0, 0.1) is 0 Å². The van der Waals surface area contributed by atoms with Crippen LogP contribution in [0.25, 0.3) is 71.6 Å². The van der Waals surface area contributed by atoms with E-state index in [4.69, 9.17) is 9.97 Å². The molecule has 3 nitrogen and oxygen atoms in total. The molecule has 186 valence electrons. The van der Waals surface area contributed by atoms with Crippen molar-refractivity contribution in [2.75, 3.05) is 0 Å². The predicted molar refractivity (Wildman–Crippen MR) is 166 cm³/mol. The third-order valence-electron chi connectivity index (χ3n) is 8.04. The highest BCUT2D eigenvalue weighted by molar-refractivity contribution is 7.99. The number of pyridine rings is 2. The molecule has 40 heavy (non-hydrogen) atoms. The molecule has 0 bridgehead atoms. The topological polar surface area (TPSA) is 30.7 Å². The van der Waals surface area contributed by atoms with Crippen LogP contribution in [0.5, 0.6) is 0 Å². The van der Waals surface area contributed by atoms with Gasteiger partial charge in [-0.1, -0.05) is 78.5 Å². The fourth-order valence-corrected chi connectivity index (χ4v) is 7.32. The van der Waals surface area contributed by atoms with E-state index in [1.807, 2.05) is 6.20 Å². The number of para-hydroxylation sites is 2. The van der Waals surface area contributed by atoms with Crippen LogP contribution in [-0.2, 0) is 0 Å². The maximum absolute atomic E-state index is 5.11. The van der Waals surface area contributed by atoms with Gasteiger partial charge in [-0.3, -0.25) is 4.98 Å². The fourth-order valence-electron chi connectivity index (χ4n) is 6.24. The molecule has 0 unspecified atom stereocenters. The average Bonchev–Trinajstić information content (AvgIpc) is 3.35. The van der Waals surface area contributed by atoms with Crippen LogP contribution in [0.4, 0.5) is 0 Å². The minimum atomic E-state index is 1.01. The molecule has 0 fully saturated rings. The Morgan fingerprint density at radius 1 is 0.575 bits per heavy atom. The smallest absolute Gasteiger partial charge is 0.112 e. The lowest BCUT2D eigenvalue weighted by Crippen LogP contribution is -1.98. The molecule has 0 amide bonds. The first kappa shape index (κ1) is 21.9. The summed E-state index contributed by atoms with van der Waals surface area (Å²) in [5.74, 6) is 0. The predicted octanol–water partition coefficient (Wildman–Crippen LogP) is 9.68. The molecule has 8 aromatic rings. The monoisotopic (exact) mass is 527 g/mol. The van der Waals surface area contributed by atoms with Crippen LogP contribution in [0.2, 0.25) is 0 Å². The van der Waals surface area contributed by atoms with E-state index in [-0.39, 0.29) is 0 Å². The molecule has 0 spiro atoms. The van der Waals surface area contributed by atoms with Crippen molar-refractivity contribution >= 4 is 55.2 Å². The zero-order chi connectivity index (χ0) is 26.2. The van der Waals surface area contributed by atoms with E-state index in [0.717, 1.165) is 27.0 Å². The van der Waals surface area contributed by atoms with Gasteiger partial charge < -0.3 is 4.57 Å². The summed E-state index contributed by atoms with van der Waals surface area (Å²) in [6, 6.07) is 43.4. The second kappa shape index (κ2) is 8.28. The Morgan fingerprint density at radius 2 is 1.32 bits per heavy atom. The van der Waals surface area contributed by atoms with Crippen molar-refractivity contribution in [2.45, 2.75) is 9.92 Å². The molecule has 3 aromatic heterocycles. The Labute approximate surface area is 234 Å². The highest BCUT2D eigenvalue weighted by Gasteiger charge is 2.23. The number of aromatic nitrogens is 3. The number of rotatable bonds is 2. The quantitative estimate of drug-likeness (QED) is 0.210. The minimum absolute atomic E-state index is 1.01. The van der Waals surface area contributed by atoms with Crippen molar-refractivity contribution in [3.63, 3.8) is 0 Å². The van der Waals surface area contributed by atoms with Gasteiger partial charge in [-0.05, 0) is 71.1 Å². The summed E-state index contributed by atoms with van der Waals surface area (Å²) < 4.78 is 2.36. The van der Waals surface area contributed by atoms with Crippen LogP contribution in [0.1, 0.15) is 0 Å². The molecule has 0 saturated carbocycles. The molecule has 0 atom stereocenters. The van der Waals surface area contributed by atoms with E-state index in [2.05, 4.69) is 126 Å². The number of hydrogen-bond donors (Lipinski definition) is 0. The second-order valence-corrected chi connectivity index (χ2v) is 11.3. The van der Waals surface area contributed by atoms with E-state index >= 15 is 0 Å². The molecule has 0 aliphatic carbocycles. The average molecular weight is 528 g/mol. The number of benzene rings is 5. The van der Waals surface area contributed by atoms with Crippen LogP contribution in [0.15, 0.2) is 137 Å². The Balaban J connectivity index is 1.27.